The molecule has 0 spiro atoms. The molecule has 4 rings (SSSR count). The molecule has 0 radical (unpaired) electrons. The number of fused-ring (bicyclic) bond motifs is 1. The van der Waals surface area contributed by atoms with Gasteiger partial charge in [0, 0.05) is 5.69 Å². The number of aromatic nitrogens is 6. The minimum absolute atomic E-state index is 0.802. The van der Waals surface area contributed by atoms with Crippen LogP contribution >= 0.6 is 23.1 Å². The van der Waals surface area contributed by atoms with Gasteiger partial charge >= 0.3 is 0 Å². The maximum absolute atomic E-state index is 4.61. The molecule has 122 valence electrons. The van der Waals surface area contributed by atoms with Gasteiger partial charge in [-0.1, -0.05) is 41.7 Å². The van der Waals surface area contributed by atoms with Crippen LogP contribution in [0.1, 0.15) is 17.1 Å². The van der Waals surface area contributed by atoms with Gasteiger partial charge in [-0.25, -0.2) is 0 Å². The molecule has 8 heteroatoms. The summed E-state index contributed by atoms with van der Waals surface area (Å²) in [5.41, 5.74) is 3.24. The summed E-state index contributed by atoms with van der Waals surface area (Å²) in [5, 5.41) is 21.1. The second-order valence-electron chi connectivity index (χ2n) is 5.44. The number of H-pyrrole nitrogens is 1. The SMILES string of the molecule is Cc1cc(-c2nn3c(CSCCc4ccccc4)nnc3s2)n[nH]1. The lowest BCUT2D eigenvalue weighted by molar-refractivity contribution is 0.884. The Balaban J connectivity index is 1.42. The average Bonchev–Trinajstić information content (AvgIpc) is 3.28. The first kappa shape index (κ1) is 15.3. The van der Waals surface area contributed by atoms with Gasteiger partial charge in [-0.3, -0.25) is 5.10 Å². The highest BCUT2D eigenvalue weighted by atomic mass is 32.2. The van der Waals surface area contributed by atoms with Crippen molar-refractivity contribution >= 4 is 28.1 Å². The van der Waals surface area contributed by atoms with Gasteiger partial charge in [-0.2, -0.15) is 26.5 Å². The van der Waals surface area contributed by atoms with Crippen molar-refractivity contribution in [1.82, 2.24) is 30.0 Å². The summed E-state index contributed by atoms with van der Waals surface area (Å²) in [6.45, 7) is 1.98. The summed E-state index contributed by atoms with van der Waals surface area (Å²) in [4.78, 5) is 0.810. The molecule has 0 bridgehead atoms. The van der Waals surface area contributed by atoms with Crippen LogP contribution in [-0.2, 0) is 12.2 Å². The number of nitrogens with zero attached hydrogens (tertiary/aromatic N) is 5. The van der Waals surface area contributed by atoms with E-state index in [-0.39, 0.29) is 0 Å². The molecule has 24 heavy (non-hydrogen) atoms. The van der Waals surface area contributed by atoms with Crippen LogP contribution in [-0.4, -0.2) is 35.8 Å². The summed E-state index contributed by atoms with van der Waals surface area (Å²) in [6.07, 6.45) is 1.06. The zero-order valence-electron chi connectivity index (χ0n) is 13.1. The molecule has 3 aromatic heterocycles. The Labute approximate surface area is 147 Å². The Bertz CT molecular complexity index is 940. The number of benzene rings is 1. The molecule has 0 aliphatic rings. The summed E-state index contributed by atoms with van der Waals surface area (Å²) in [7, 11) is 0. The van der Waals surface area contributed by atoms with Crippen LogP contribution in [0.5, 0.6) is 0 Å². The summed E-state index contributed by atoms with van der Waals surface area (Å²) >= 11 is 3.36. The van der Waals surface area contributed by atoms with E-state index in [2.05, 4.69) is 49.8 Å². The van der Waals surface area contributed by atoms with Crippen molar-refractivity contribution < 1.29 is 0 Å². The predicted octanol–water partition coefficient (Wildman–Crippen LogP) is 3.36. The Morgan fingerprint density at radius 3 is 2.88 bits per heavy atom. The predicted molar refractivity (Wildman–Crippen MR) is 97.3 cm³/mol. The number of rotatable bonds is 6. The summed E-state index contributed by atoms with van der Waals surface area (Å²) < 4.78 is 1.83. The maximum atomic E-state index is 4.61. The molecule has 0 saturated heterocycles. The van der Waals surface area contributed by atoms with Gasteiger partial charge in [0.1, 0.15) is 5.69 Å². The molecule has 0 aliphatic carbocycles. The normalized spacial score (nSPS) is 11.4. The van der Waals surface area contributed by atoms with Gasteiger partial charge in [-0.05, 0) is 30.7 Å². The molecule has 0 fully saturated rings. The topological polar surface area (TPSA) is 71.8 Å². The third-order valence-corrected chi connectivity index (χ3v) is 5.47. The third kappa shape index (κ3) is 3.20. The largest absolute Gasteiger partial charge is 0.282 e. The maximum Gasteiger partial charge on any atom is 0.235 e. The summed E-state index contributed by atoms with van der Waals surface area (Å²) in [5.74, 6) is 2.74. The van der Waals surface area contributed by atoms with E-state index in [1.54, 1.807) is 0 Å². The first-order chi connectivity index (χ1) is 11.8. The van der Waals surface area contributed by atoms with Gasteiger partial charge < -0.3 is 0 Å². The molecule has 0 amide bonds. The van der Waals surface area contributed by atoms with Crippen molar-refractivity contribution in [2.45, 2.75) is 19.1 Å². The van der Waals surface area contributed by atoms with Crippen LogP contribution in [0.15, 0.2) is 36.4 Å². The molecule has 3 heterocycles. The molecule has 0 unspecified atom stereocenters. The first-order valence-electron chi connectivity index (χ1n) is 7.65. The molecule has 6 nitrogen and oxygen atoms in total. The second-order valence-corrected chi connectivity index (χ2v) is 7.50. The Kier molecular flexibility index (Phi) is 4.31. The van der Waals surface area contributed by atoms with Gasteiger partial charge in [-0.15, -0.1) is 10.2 Å². The molecule has 0 atom stereocenters. The number of nitrogens with one attached hydrogen (secondary N) is 1. The minimum Gasteiger partial charge on any atom is -0.282 e. The quantitative estimate of drug-likeness (QED) is 0.536. The first-order valence-corrected chi connectivity index (χ1v) is 9.62. The van der Waals surface area contributed by atoms with Crippen molar-refractivity contribution in [2.24, 2.45) is 0 Å². The molecule has 4 aromatic rings. The standard InChI is InChI=1S/C16H16N6S2/c1-11-9-13(18-17-11)15-21-22-14(19-20-16(22)24-15)10-23-8-7-12-5-3-2-4-6-12/h2-6,9H,7-8,10H2,1H3,(H,17,18). The van der Waals surface area contributed by atoms with Gasteiger partial charge in [0.05, 0.1) is 5.75 Å². The van der Waals surface area contributed by atoms with E-state index >= 15 is 0 Å². The molecule has 1 aromatic carbocycles. The van der Waals surface area contributed by atoms with Crippen molar-refractivity contribution in [3.05, 3.63) is 53.5 Å². The number of hydrogen-bond donors (Lipinski definition) is 1. The van der Waals surface area contributed by atoms with Crippen LogP contribution < -0.4 is 0 Å². The van der Waals surface area contributed by atoms with Gasteiger partial charge in [0.15, 0.2) is 10.8 Å². The monoisotopic (exact) mass is 356 g/mol. The van der Waals surface area contributed by atoms with Crippen LogP contribution in [0.25, 0.3) is 15.7 Å². The average molecular weight is 356 g/mol. The van der Waals surface area contributed by atoms with E-state index in [1.165, 1.54) is 16.9 Å². The Hall–Kier alpha value is -2.19. The minimum atomic E-state index is 0.802. The van der Waals surface area contributed by atoms with Crippen molar-refractivity contribution in [1.29, 1.82) is 0 Å². The van der Waals surface area contributed by atoms with Crippen LogP contribution in [0, 0.1) is 6.92 Å². The number of aromatic amines is 1. The number of hydrogen-bond acceptors (Lipinski definition) is 6. The highest BCUT2D eigenvalue weighted by molar-refractivity contribution is 7.98. The summed E-state index contributed by atoms with van der Waals surface area (Å²) in [6, 6.07) is 12.5. The van der Waals surface area contributed by atoms with E-state index in [0.717, 1.165) is 45.1 Å². The lowest BCUT2D eigenvalue weighted by atomic mass is 10.2. The van der Waals surface area contributed by atoms with E-state index < -0.39 is 0 Å². The van der Waals surface area contributed by atoms with Crippen LogP contribution in [0.3, 0.4) is 0 Å². The lowest BCUT2D eigenvalue weighted by Crippen LogP contribution is -1.96. The molecular weight excluding hydrogens is 340 g/mol. The third-order valence-electron chi connectivity index (χ3n) is 3.59. The van der Waals surface area contributed by atoms with E-state index in [9.17, 15) is 0 Å². The van der Waals surface area contributed by atoms with E-state index in [0.29, 0.717) is 0 Å². The Morgan fingerprint density at radius 2 is 2.08 bits per heavy atom. The van der Waals surface area contributed by atoms with Crippen molar-refractivity contribution in [2.75, 3.05) is 5.75 Å². The fourth-order valence-electron chi connectivity index (χ4n) is 2.38. The smallest absolute Gasteiger partial charge is 0.235 e. The zero-order chi connectivity index (χ0) is 16.4. The van der Waals surface area contributed by atoms with E-state index in [1.807, 2.05) is 35.3 Å². The van der Waals surface area contributed by atoms with Crippen molar-refractivity contribution in [3.8, 4) is 10.7 Å². The zero-order valence-corrected chi connectivity index (χ0v) is 14.8. The number of thioether (sulfide) groups is 1. The number of aryl methyl sites for hydroxylation is 2. The fraction of sp³-hybridized carbons (Fsp3) is 0.250. The van der Waals surface area contributed by atoms with Crippen LogP contribution in [0.2, 0.25) is 0 Å². The van der Waals surface area contributed by atoms with Gasteiger partial charge in [0.2, 0.25) is 4.96 Å². The highest BCUT2D eigenvalue weighted by Gasteiger charge is 2.14. The van der Waals surface area contributed by atoms with Gasteiger partial charge in [0.25, 0.3) is 0 Å². The lowest BCUT2D eigenvalue weighted by Gasteiger charge is -2.00. The Morgan fingerprint density at radius 1 is 1.21 bits per heavy atom. The molecule has 0 saturated carbocycles. The molecule has 0 aliphatic heterocycles. The van der Waals surface area contributed by atoms with E-state index in [4.69, 9.17) is 0 Å². The van der Waals surface area contributed by atoms with Crippen LogP contribution in [0.4, 0.5) is 0 Å². The molecule has 1 N–H and O–H groups in total. The van der Waals surface area contributed by atoms with Crippen molar-refractivity contribution in [3.63, 3.8) is 0 Å². The molecular formula is C16H16N6S2. The highest BCUT2D eigenvalue weighted by Crippen LogP contribution is 2.25. The second kappa shape index (κ2) is 6.74. The fourth-order valence-corrected chi connectivity index (χ4v) is 4.08.